The second-order valence-corrected chi connectivity index (χ2v) is 14.7. The van der Waals surface area contributed by atoms with Crippen molar-refractivity contribution in [2.24, 2.45) is 0 Å². The van der Waals surface area contributed by atoms with Gasteiger partial charge in [0.05, 0.1) is 22.4 Å². The van der Waals surface area contributed by atoms with Gasteiger partial charge in [-0.05, 0) is 89.2 Å². The average molecular weight is 730 g/mol. The van der Waals surface area contributed by atoms with E-state index >= 15 is 0 Å². The highest BCUT2D eigenvalue weighted by molar-refractivity contribution is 6.15. The number of hydrogen-bond acceptors (Lipinski definition) is 2. The van der Waals surface area contributed by atoms with Gasteiger partial charge >= 0.3 is 0 Å². The van der Waals surface area contributed by atoms with E-state index in [0.717, 1.165) is 50.5 Å². The second-order valence-electron chi connectivity index (χ2n) is 14.7. The first-order valence-corrected chi connectivity index (χ1v) is 19.5. The summed E-state index contributed by atoms with van der Waals surface area (Å²) in [4.78, 5) is 10.5. The first-order chi connectivity index (χ1) is 28.1. The molecule has 57 heavy (non-hydrogen) atoms. The largest absolute Gasteiger partial charge is 0.309 e. The normalized spacial score (nSPS) is 11.3. The fourth-order valence-corrected chi connectivity index (χ4v) is 8.27. The van der Waals surface area contributed by atoms with Crippen molar-refractivity contribution in [1.29, 1.82) is 0 Å². The van der Waals surface area contributed by atoms with E-state index in [9.17, 15) is 0 Å². The van der Waals surface area contributed by atoms with Crippen LogP contribution in [0.25, 0.3) is 94.8 Å². The Kier molecular flexibility index (Phi) is 8.61. The molecule has 0 bridgehead atoms. The number of aryl methyl sites for hydroxylation is 1. The molecule has 0 saturated carbocycles. The zero-order chi connectivity index (χ0) is 38.3. The van der Waals surface area contributed by atoms with E-state index in [-0.39, 0.29) is 0 Å². The van der Waals surface area contributed by atoms with Crippen LogP contribution < -0.4 is 0 Å². The van der Waals surface area contributed by atoms with Crippen molar-refractivity contribution in [1.82, 2.24) is 14.5 Å². The topological polar surface area (TPSA) is 30.7 Å². The van der Waals surface area contributed by atoms with E-state index < -0.39 is 0 Å². The summed E-state index contributed by atoms with van der Waals surface area (Å²) < 4.78 is 2.38. The molecule has 0 atom stereocenters. The molecule has 0 N–H and O–H groups in total. The molecule has 2 heterocycles. The number of aromatic nitrogens is 3. The molecule has 10 aromatic rings. The van der Waals surface area contributed by atoms with Gasteiger partial charge in [-0.1, -0.05) is 164 Å². The van der Waals surface area contributed by atoms with Gasteiger partial charge in [0.25, 0.3) is 0 Å². The van der Waals surface area contributed by atoms with Crippen LogP contribution in [0.2, 0.25) is 0 Å². The van der Waals surface area contributed by atoms with Crippen molar-refractivity contribution in [2.75, 3.05) is 0 Å². The molecule has 0 unspecified atom stereocenters. The highest BCUT2D eigenvalue weighted by Gasteiger charge is 2.19. The average Bonchev–Trinajstić information content (AvgIpc) is 3.62. The van der Waals surface area contributed by atoms with Gasteiger partial charge in [-0.15, -0.1) is 0 Å². The Morgan fingerprint density at radius 2 is 0.912 bits per heavy atom. The minimum Gasteiger partial charge on any atom is -0.309 e. The first-order valence-electron chi connectivity index (χ1n) is 19.5. The number of fused-ring (bicyclic) bond motifs is 3. The highest BCUT2D eigenvalue weighted by Crippen LogP contribution is 2.41. The van der Waals surface area contributed by atoms with Crippen LogP contribution in [-0.4, -0.2) is 14.5 Å². The van der Waals surface area contributed by atoms with Gasteiger partial charge in [0.15, 0.2) is 5.82 Å². The Hall–Kier alpha value is -7.36. The predicted molar refractivity (Wildman–Crippen MR) is 238 cm³/mol. The van der Waals surface area contributed by atoms with Crippen molar-refractivity contribution < 1.29 is 0 Å². The molecule has 3 heteroatoms. The zero-order valence-electron chi connectivity index (χ0n) is 31.9. The zero-order valence-corrected chi connectivity index (χ0v) is 31.9. The molecule has 0 radical (unpaired) electrons. The summed E-state index contributed by atoms with van der Waals surface area (Å²) in [6.07, 6.45) is 0. The molecule has 0 fully saturated rings. The molecule has 3 nitrogen and oxygen atoms in total. The molecule has 0 amide bonds. The summed E-state index contributed by atoms with van der Waals surface area (Å²) in [6.45, 7) is 4.33. The SMILES string of the molecule is Cc1ccc(-c2cccc(-c3cccc4c3c3ccccc3n4-c3ccccc3)c2)cc1-c1nc(-c2ccccc2)nc(-c2ccc(-c3ccccc3)cc2)c1C. The van der Waals surface area contributed by atoms with Crippen molar-refractivity contribution in [3.63, 3.8) is 0 Å². The summed E-state index contributed by atoms with van der Waals surface area (Å²) in [5.41, 5.74) is 17.9. The monoisotopic (exact) mass is 729 g/mol. The van der Waals surface area contributed by atoms with Crippen molar-refractivity contribution in [3.8, 4) is 73.0 Å². The molecule has 8 aromatic carbocycles. The number of hydrogen-bond donors (Lipinski definition) is 0. The second kappa shape index (κ2) is 14.4. The van der Waals surface area contributed by atoms with Crippen LogP contribution >= 0.6 is 0 Å². The van der Waals surface area contributed by atoms with Crippen LogP contribution in [0, 0.1) is 13.8 Å². The van der Waals surface area contributed by atoms with Gasteiger partial charge in [-0.2, -0.15) is 0 Å². The highest BCUT2D eigenvalue weighted by atomic mass is 15.0. The maximum atomic E-state index is 5.30. The molecule has 0 saturated heterocycles. The van der Waals surface area contributed by atoms with E-state index in [1.807, 2.05) is 18.2 Å². The van der Waals surface area contributed by atoms with E-state index in [4.69, 9.17) is 9.97 Å². The van der Waals surface area contributed by atoms with Gasteiger partial charge < -0.3 is 4.57 Å². The van der Waals surface area contributed by atoms with E-state index in [2.05, 4.69) is 200 Å². The van der Waals surface area contributed by atoms with E-state index in [1.54, 1.807) is 0 Å². The van der Waals surface area contributed by atoms with Crippen LogP contribution in [-0.2, 0) is 0 Å². The summed E-state index contributed by atoms with van der Waals surface area (Å²) >= 11 is 0. The van der Waals surface area contributed by atoms with Gasteiger partial charge in [0, 0.05) is 38.7 Å². The first kappa shape index (κ1) is 34.2. The van der Waals surface area contributed by atoms with Crippen LogP contribution in [0.1, 0.15) is 11.1 Å². The smallest absolute Gasteiger partial charge is 0.160 e. The summed E-state index contributed by atoms with van der Waals surface area (Å²) in [5.74, 6) is 0.716. The van der Waals surface area contributed by atoms with Crippen LogP contribution in [0.5, 0.6) is 0 Å². The molecule has 0 aliphatic carbocycles. The number of rotatable bonds is 7. The Morgan fingerprint density at radius 3 is 1.68 bits per heavy atom. The number of para-hydroxylation sites is 2. The molecular formula is C54H39N3. The lowest BCUT2D eigenvalue weighted by Gasteiger charge is -2.16. The van der Waals surface area contributed by atoms with E-state index in [0.29, 0.717) is 5.82 Å². The third-order valence-corrected chi connectivity index (χ3v) is 11.2. The lowest BCUT2D eigenvalue weighted by Crippen LogP contribution is -2.01. The Balaban J connectivity index is 1.09. The maximum Gasteiger partial charge on any atom is 0.160 e. The van der Waals surface area contributed by atoms with Gasteiger partial charge in [-0.3, -0.25) is 0 Å². The van der Waals surface area contributed by atoms with Crippen molar-refractivity contribution in [2.45, 2.75) is 13.8 Å². The molecule has 0 aliphatic rings. The lowest BCUT2D eigenvalue weighted by atomic mass is 9.92. The molecule has 270 valence electrons. The third kappa shape index (κ3) is 6.20. The minimum absolute atomic E-state index is 0.716. The van der Waals surface area contributed by atoms with Gasteiger partial charge in [0.2, 0.25) is 0 Å². The third-order valence-electron chi connectivity index (χ3n) is 11.2. The van der Waals surface area contributed by atoms with E-state index in [1.165, 1.54) is 49.6 Å². The lowest BCUT2D eigenvalue weighted by molar-refractivity contribution is 1.14. The van der Waals surface area contributed by atoms with Crippen LogP contribution in [0.15, 0.2) is 200 Å². The van der Waals surface area contributed by atoms with Gasteiger partial charge in [0.1, 0.15) is 0 Å². The van der Waals surface area contributed by atoms with Gasteiger partial charge in [-0.25, -0.2) is 9.97 Å². The van der Waals surface area contributed by atoms with Crippen LogP contribution in [0.3, 0.4) is 0 Å². The Bertz CT molecular complexity index is 3050. The fraction of sp³-hybridized carbons (Fsp3) is 0.0370. The Morgan fingerprint density at radius 1 is 0.368 bits per heavy atom. The standard InChI is InChI=1S/C54H39N3/c1-36-28-29-43(42-20-14-21-44(34-42)46-25-15-27-50-51(46)47-24-12-13-26-49(47)57(50)45-22-10-5-11-23-45)35-48(36)53-37(2)52(55-54(56-53)41-18-8-4-9-19-41)40-32-30-39(31-33-40)38-16-6-3-7-17-38/h3-35H,1-2H3. The predicted octanol–water partition coefficient (Wildman–Crippen LogP) is 14.2. The molecular weight excluding hydrogens is 691 g/mol. The molecule has 0 spiro atoms. The summed E-state index contributed by atoms with van der Waals surface area (Å²) in [6, 6.07) is 71.3. The molecule has 10 rings (SSSR count). The van der Waals surface area contributed by atoms with Crippen LogP contribution in [0.4, 0.5) is 0 Å². The number of benzene rings is 8. The minimum atomic E-state index is 0.716. The molecule has 0 aliphatic heterocycles. The van der Waals surface area contributed by atoms with Crippen molar-refractivity contribution in [3.05, 3.63) is 211 Å². The Labute approximate surface area is 333 Å². The summed E-state index contributed by atoms with van der Waals surface area (Å²) in [7, 11) is 0. The molecule has 2 aromatic heterocycles. The summed E-state index contributed by atoms with van der Waals surface area (Å²) in [5, 5.41) is 2.50. The quantitative estimate of drug-likeness (QED) is 0.164. The maximum absolute atomic E-state index is 5.30. The number of nitrogens with zero attached hydrogens (tertiary/aromatic N) is 3. The fourth-order valence-electron chi connectivity index (χ4n) is 8.27. The van der Waals surface area contributed by atoms with Crippen molar-refractivity contribution >= 4 is 21.8 Å².